The fourth-order valence-electron chi connectivity index (χ4n) is 2.04. The number of ether oxygens (including phenoxy) is 1. The highest BCUT2D eigenvalue weighted by Crippen LogP contribution is 2.37. The number of carbonyl (C=O) groups excluding carboxylic acids is 1. The summed E-state index contributed by atoms with van der Waals surface area (Å²) in [5, 5.41) is 2.96. The van der Waals surface area contributed by atoms with Gasteiger partial charge in [-0.05, 0) is 39.0 Å². The minimum Gasteiger partial charge on any atom is -0.444 e. The van der Waals surface area contributed by atoms with E-state index in [1.54, 1.807) is 0 Å². The van der Waals surface area contributed by atoms with Gasteiger partial charge in [0.2, 0.25) is 0 Å². The van der Waals surface area contributed by atoms with E-state index >= 15 is 0 Å². The average molecular weight is 213 g/mol. The number of hydrogen-bond acceptors (Lipinski definition) is 2. The SMILES string of the molecule is CC(C)(C)OC(=O)N[C@@H]1CCCC1(C)C. The van der Waals surface area contributed by atoms with Crippen molar-refractivity contribution in [1.82, 2.24) is 5.32 Å². The Hall–Kier alpha value is -0.730. The third-order valence-corrected chi connectivity index (χ3v) is 2.95. The molecule has 0 heterocycles. The lowest BCUT2D eigenvalue weighted by Crippen LogP contribution is -2.43. The molecule has 15 heavy (non-hydrogen) atoms. The van der Waals surface area contributed by atoms with Crippen molar-refractivity contribution in [2.75, 3.05) is 0 Å². The normalized spacial score (nSPS) is 25.0. The summed E-state index contributed by atoms with van der Waals surface area (Å²) in [6.45, 7) is 10.0. The summed E-state index contributed by atoms with van der Waals surface area (Å²) >= 11 is 0. The molecule has 0 radical (unpaired) electrons. The number of carbonyl (C=O) groups is 1. The van der Waals surface area contributed by atoms with Crippen molar-refractivity contribution in [2.24, 2.45) is 5.41 Å². The van der Waals surface area contributed by atoms with E-state index in [1.165, 1.54) is 12.8 Å². The van der Waals surface area contributed by atoms with Gasteiger partial charge >= 0.3 is 6.09 Å². The van der Waals surface area contributed by atoms with Gasteiger partial charge in [0.05, 0.1) is 0 Å². The summed E-state index contributed by atoms with van der Waals surface area (Å²) < 4.78 is 5.24. The van der Waals surface area contributed by atoms with E-state index in [2.05, 4.69) is 19.2 Å². The first-order valence-electron chi connectivity index (χ1n) is 5.70. The maximum atomic E-state index is 11.6. The molecule has 1 aliphatic carbocycles. The van der Waals surface area contributed by atoms with Crippen LogP contribution in [0.2, 0.25) is 0 Å². The molecule has 0 spiro atoms. The first kappa shape index (κ1) is 12.3. The van der Waals surface area contributed by atoms with Crippen LogP contribution in [0, 0.1) is 5.41 Å². The van der Waals surface area contributed by atoms with Gasteiger partial charge in [-0.25, -0.2) is 4.79 Å². The van der Waals surface area contributed by atoms with Crippen LogP contribution in [0.4, 0.5) is 4.79 Å². The van der Waals surface area contributed by atoms with Crippen LogP contribution in [0.25, 0.3) is 0 Å². The molecule has 1 fully saturated rings. The smallest absolute Gasteiger partial charge is 0.407 e. The predicted octanol–water partition coefficient (Wildman–Crippen LogP) is 3.09. The van der Waals surface area contributed by atoms with Gasteiger partial charge in [0.1, 0.15) is 5.60 Å². The molecule has 0 aliphatic heterocycles. The van der Waals surface area contributed by atoms with Gasteiger partial charge in [0, 0.05) is 6.04 Å². The van der Waals surface area contributed by atoms with Gasteiger partial charge in [0.15, 0.2) is 0 Å². The van der Waals surface area contributed by atoms with Crippen LogP contribution in [0.3, 0.4) is 0 Å². The Morgan fingerprint density at radius 3 is 2.40 bits per heavy atom. The molecule has 0 aromatic heterocycles. The van der Waals surface area contributed by atoms with Crippen LogP contribution in [0.1, 0.15) is 53.9 Å². The second-order valence-corrected chi connectivity index (χ2v) is 6.08. The van der Waals surface area contributed by atoms with E-state index in [-0.39, 0.29) is 17.6 Å². The van der Waals surface area contributed by atoms with Crippen molar-refractivity contribution in [3.8, 4) is 0 Å². The highest BCUT2D eigenvalue weighted by molar-refractivity contribution is 5.68. The third-order valence-electron chi connectivity index (χ3n) is 2.95. The second kappa shape index (κ2) is 4.03. The fourth-order valence-corrected chi connectivity index (χ4v) is 2.04. The standard InChI is InChI=1S/C12H23NO2/c1-11(2,3)15-10(14)13-9-7-6-8-12(9,4)5/h9H,6-8H2,1-5H3,(H,13,14)/t9-/m1/s1. The lowest BCUT2D eigenvalue weighted by Gasteiger charge is -2.29. The van der Waals surface area contributed by atoms with Crippen molar-refractivity contribution in [3.05, 3.63) is 0 Å². The molecule has 0 unspecified atom stereocenters. The van der Waals surface area contributed by atoms with Crippen LogP contribution in [0.5, 0.6) is 0 Å². The maximum absolute atomic E-state index is 11.6. The minimum absolute atomic E-state index is 0.205. The summed E-state index contributed by atoms with van der Waals surface area (Å²) in [5.41, 5.74) is -0.205. The lowest BCUT2D eigenvalue weighted by molar-refractivity contribution is 0.0472. The van der Waals surface area contributed by atoms with Crippen LogP contribution >= 0.6 is 0 Å². The number of amides is 1. The molecular weight excluding hydrogens is 190 g/mol. The fraction of sp³-hybridized carbons (Fsp3) is 0.917. The van der Waals surface area contributed by atoms with Crippen molar-refractivity contribution >= 4 is 6.09 Å². The van der Waals surface area contributed by atoms with E-state index in [0.29, 0.717) is 0 Å². The number of nitrogens with one attached hydrogen (secondary N) is 1. The van der Waals surface area contributed by atoms with E-state index in [1.807, 2.05) is 20.8 Å². The van der Waals surface area contributed by atoms with Crippen molar-refractivity contribution < 1.29 is 9.53 Å². The summed E-state index contributed by atoms with van der Waals surface area (Å²) in [6.07, 6.45) is 3.13. The molecule has 1 amide bonds. The molecule has 1 rings (SSSR count). The molecule has 0 bridgehead atoms. The molecule has 0 saturated heterocycles. The molecule has 1 saturated carbocycles. The molecule has 0 aromatic rings. The van der Waals surface area contributed by atoms with Crippen LogP contribution < -0.4 is 5.32 Å². The van der Waals surface area contributed by atoms with Gasteiger partial charge in [-0.1, -0.05) is 20.3 Å². The van der Waals surface area contributed by atoms with Crippen LogP contribution in [0.15, 0.2) is 0 Å². The number of rotatable bonds is 1. The van der Waals surface area contributed by atoms with E-state index in [9.17, 15) is 4.79 Å². The lowest BCUT2D eigenvalue weighted by atomic mass is 9.87. The summed E-state index contributed by atoms with van der Waals surface area (Å²) in [7, 11) is 0. The molecular formula is C12H23NO2. The molecule has 0 aromatic carbocycles. The van der Waals surface area contributed by atoms with Gasteiger partial charge in [-0.3, -0.25) is 0 Å². The van der Waals surface area contributed by atoms with Crippen molar-refractivity contribution in [1.29, 1.82) is 0 Å². The summed E-state index contributed by atoms with van der Waals surface area (Å²) in [5.74, 6) is 0. The van der Waals surface area contributed by atoms with E-state index in [4.69, 9.17) is 4.74 Å². The molecule has 1 atom stereocenters. The Labute approximate surface area is 92.6 Å². The van der Waals surface area contributed by atoms with Gasteiger partial charge in [-0.2, -0.15) is 0 Å². The Kier molecular flexibility index (Phi) is 3.31. The van der Waals surface area contributed by atoms with Gasteiger partial charge < -0.3 is 10.1 Å². The van der Waals surface area contributed by atoms with Gasteiger partial charge in [0.25, 0.3) is 0 Å². The van der Waals surface area contributed by atoms with Crippen LogP contribution in [-0.4, -0.2) is 17.7 Å². The molecule has 3 heteroatoms. The summed E-state index contributed by atoms with van der Waals surface area (Å²) in [6, 6.07) is 0.257. The van der Waals surface area contributed by atoms with Crippen molar-refractivity contribution in [3.63, 3.8) is 0 Å². The number of alkyl carbamates (subject to hydrolysis) is 1. The average Bonchev–Trinajstić information content (AvgIpc) is 2.26. The van der Waals surface area contributed by atoms with Crippen LogP contribution in [-0.2, 0) is 4.74 Å². The largest absolute Gasteiger partial charge is 0.444 e. The van der Waals surface area contributed by atoms with E-state index < -0.39 is 5.60 Å². The molecule has 88 valence electrons. The monoisotopic (exact) mass is 213 g/mol. The maximum Gasteiger partial charge on any atom is 0.407 e. The number of hydrogen-bond donors (Lipinski definition) is 1. The highest BCUT2D eigenvalue weighted by Gasteiger charge is 2.36. The first-order valence-corrected chi connectivity index (χ1v) is 5.70. The Morgan fingerprint density at radius 1 is 1.40 bits per heavy atom. The molecule has 1 N–H and O–H groups in total. The zero-order valence-electron chi connectivity index (χ0n) is 10.5. The predicted molar refractivity (Wildman–Crippen MR) is 60.8 cm³/mol. The summed E-state index contributed by atoms with van der Waals surface area (Å²) in [4.78, 5) is 11.6. The Balaban J connectivity index is 2.45. The van der Waals surface area contributed by atoms with Gasteiger partial charge in [-0.15, -0.1) is 0 Å². The quantitative estimate of drug-likeness (QED) is 0.727. The first-order chi connectivity index (χ1) is 6.71. The van der Waals surface area contributed by atoms with E-state index in [0.717, 1.165) is 6.42 Å². The minimum atomic E-state index is -0.410. The zero-order valence-corrected chi connectivity index (χ0v) is 10.5. The topological polar surface area (TPSA) is 38.3 Å². The van der Waals surface area contributed by atoms with Crippen molar-refractivity contribution in [2.45, 2.75) is 65.5 Å². The molecule has 1 aliphatic rings. The zero-order chi connectivity index (χ0) is 11.7. The Morgan fingerprint density at radius 2 is 2.00 bits per heavy atom. The second-order valence-electron chi connectivity index (χ2n) is 6.08. The highest BCUT2D eigenvalue weighted by atomic mass is 16.6. The molecule has 3 nitrogen and oxygen atoms in total. The third kappa shape index (κ3) is 3.73. The Bertz CT molecular complexity index is 240.